The highest BCUT2D eigenvalue weighted by molar-refractivity contribution is 7.94. The highest BCUT2D eigenvalue weighted by Gasteiger charge is 2.30. The molecule has 0 fully saturated rings. The number of amides is 1. The molecule has 1 amide bonds. The maximum absolute atomic E-state index is 11.8. The van der Waals surface area contributed by atoms with E-state index in [1.807, 2.05) is 0 Å². The number of ether oxygens (including phenoxy) is 2. The van der Waals surface area contributed by atoms with Gasteiger partial charge in [0.05, 0.1) is 19.2 Å². The Kier molecular flexibility index (Phi) is 10.6. The molecule has 0 bridgehead atoms. The number of rotatable bonds is 1. The molecule has 0 aromatic rings. The summed E-state index contributed by atoms with van der Waals surface area (Å²) in [7, 11) is 1.23. The van der Waals surface area contributed by atoms with E-state index in [1.54, 1.807) is 20.8 Å². The number of hydrogen-bond acceptors (Lipinski definition) is 7. The summed E-state index contributed by atoms with van der Waals surface area (Å²) < 4.78 is 48.4. The number of methoxy groups -OCH3 is 1. The molecule has 0 atom stereocenters. The first-order valence-corrected chi connectivity index (χ1v) is 7.44. The van der Waals surface area contributed by atoms with Gasteiger partial charge in [-0.05, 0) is 20.8 Å². The topological polar surface area (TPSA) is 128 Å². The van der Waals surface area contributed by atoms with Gasteiger partial charge < -0.3 is 29.5 Å². The molecule has 4 N–H and O–H groups in total. The third-order valence-electron chi connectivity index (χ3n) is 2.50. The molecule has 0 aliphatic carbocycles. The first-order valence-electron chi connectivity index (χ1n) is 6.67. The van der Waals surface area contributed by atoms with Gasteiger partial charge in [0.2, 0.25) is 0 Å². The Hall–Kier alpha value is -1.66. The lowest BCUT2D eigenvalue weighted by molar-refractivity contribution is -0.136. The number of aliphatic hydroxyl groups excluding tert-OH is 1. The largest absolute Gasteiger partial charge is 0.512 e. The van der Waals surface area contributed by atoms with Crippen molar-refractivity contribution >= 4 is 24.1 Å². The van der Waals surface area contributed by atoms with Crippen LogP contribution in [0.1, 0.15) is 27.2 Å². The zero-order valence-electron chi connectivity index (χ0n) is 14.1. The summed E-state index contributed by atoms with van der Waals surface area (Å²) in [6, 6.07) is 0. The minimum Gasteiger partial charge on any atom is -0.512 e. The van der Waals surface area contributed by atoms with Crippen LogP contribution in [-0.2, 0) is 14.3 Å². The quantitative estimate of drug-likeness (QED) is 0.517. The number of carbonyl (C=O) groups is 2. The third kappa shape index (κ3) is 10.7. The van der Waals surface area contributed by atoms with Crippen molar-refractivity contribution < 1.29 is 47.4 Å². The summed E-state index contributed by atoms with van der Waals surface area (Å²) in [4.78, 5) is 24.6. The van der Waals surface area contributed by atoms with Crippen LogP contribution in [0.4, 0.5) is 18.0 Å². The van der Waals surface area contributed by atoms with Crippen molar-refractivity contribution in [2.45, 2.75) is 38.3 Å². The van der Waals surface area contributed by atoms with E-state index in [0.29, 0.717) is 6.54 Å². The van der Waals surface area contributed by atoms with E-state index in [-0.39, 0.29) is 29.8 Å². The van der Waals surface area contributed by atoms with Crippen molar-refractivity contribution in [3.05, 3.63) is 11.3 Å². The van der Waals surface area contributed by atoms with Gasteiger partial charge >= 0.3 is 17.6 Å². The first kappa shape index (κ1) is 25.6. The van der Waals surface area contributed by atoms with Crippen molar-refractivity contribution in [1.29, 1.82) is 0 Å². The number of aliphatic hydroxyl groups is 1. The van der Waals surface area contributed by atoms with Gasteiger partial charge in [0, 0.05) is 13.0 Å². The van der Waals surface area contributed by atoms with E-state index in [2.05, 4.69) is 4.74 Å². The van der Waals surface area contributed by atoms with E-state index in [4.69, 9.17) is 9.29 Å². The van der Waals surface area contributed by atoms with E-state index < -0.39 is 35.2 Å². The number of esters is 1. The monoisotopic (exact) mass is 393 g/mol. The molecule has 1 aliphatic rings. The lowest BCUT2D eigenvalue weighted by Gasteiger charge is -2.30. The minimum atomic E-state index is -4.49. The molecule has 1 rings (SSSR count). The second-order valence-corrected chi connectivity index (χ2v) is 6.25. The number of carbonyl (C=O) groups excluding carboxylic acids is 2. The van der Waals surface area contributed by atoms with Gasteiger partial charge in [-0.3, -0.25) is 0 Å². The Morgan fingerprint density at radius 3 is 2.08 bits per heavy atom. The van der Waals surface area contributed by atoms with Crippen molar-refractivity contribution in [3.8, 4) is 0 Å². The van der Waals surface area contributed by atoms with Gasteiger partial charge in [-0.25, -0.2) is 9.59 Å². The summed E-state index contributed by atoms with van der Waals surface area (Å²) >= 11 is -1.12. The highest BCUT2D eigenvalue weighted by Crippen LogP contribution is 2.26. The van der Waals surface area contributed by atoms with Crippen molar-refractivity contribution in [3.63, 3.8) is 0 Å². The van der Waals surface area contributed by atoms with E-state index in [1.165, 1.54) is 12.0 Å². The lowest BCUT2D eigenvalue weighted by Crippen LogP contribution is -2.42. The molecule has 1 aliphatic heterocycles. The molecule has 0 unspecified atom stereocenters. The van der Waals surface area contributed by atoms with Crippen LogP contribution in [0.25, 0.3) is 0 Å². The smallest absolute Gasteiger partial charge is 0.467 e. The number of hydrogen-bond donors (Lipinski definition) is 2. The molecule has 0 saturated heterocycles. The van der Waals surface area contributed by atoms with Crippen LogP contribution >= 0.6 is 12.0 Å². The second kappa shape index (κ2) is 10.4. The van der Waals surface area contributed by atoms with E-state index in [0.717, 1.165) is 0 Å². The number of alkyl halides is 3. The highest BCUT2D eigenvalue weighted by atomic mass is 32.2. The van der Waals surface area contributed by atoms with Crippen molar-refractivity contribution in [2.75, 3.05) is 20.2 Å². The van der Waals surface area contributed by atoms with Gasteiger partial charge in [0.25, 0.3) is 0 Å². The van der Waals surface area contributed by atoms with Gasteiger partial charge in [0.15, 0.2) is 0 Å². The van der Waals surface area contributed by atoms with Crippen LogP contribution in [0.2, 0.25) is 0 Å². The predicted molar refractivity (Wildman–Crippen MR) is 84.0 cm³/mol. The summed E-state index contributed by atoms with van der Waals surface area (Å²) in [6.07, 6.45) is -0.277. The minimum absolute atomic E-state index is 0. The van der Waals surface area contributed by atoms with Crippen LogP contribution in [0.15, 0.2) is 11.3 Å². The molecule has 0 aromatic carbocycles. The number of halogens is 3. The van der Waals surface area contributed by atoms with Crippen LogP contribution in [0.3, 0.4) is 0 Å². The van der Waals surface area contributed by atoms with Crippen molar-refractivity contribution in [1.82, 2.24) is 4.90 Å². The van der Waals surface area contributed by atoms with Gasteiger partial charge in [-0.15, -0.1) is 0 Å². The summed E-state index contributed by atoms with van der Waals surface area (Å²) in [5.74, 6) is -0.651. The zero-order chi connectivity index (χ0) is 19.1. The zero-order valence-corrected chi connectivity index (χ0v) is 15.0. The molecule has 0 aromatic heterocycles. The first-order chi connectivity index (χ1) is 10.8. The van der Waals surface area contributed by atoms with Gasteiger partial charge in [-0.1, -0.05) is 0 Å². The molecule has 25 heavy (non-hydrogen) atoms. The molecular weight excluding hydrogens is 371 g/mol. The molecule has 0 radical (unpaired) electrons. The Balaban J connectivity index is 0. The lowest BCUT2D eigenvalue weighted by atomic mass is 10.1. The summed E-state index contributed by atoms with van der Waals surface area (Å²) in [5.41, 5.74) is -4.97. The molecule has 8 nitrogen and oxygen atoms in total. The molecule has 12 heteroatoms. The fourth-order valence-corrected chi connectivity index (χ4v) is 1.54. The average Bonchev–Trinajstić information content (AvgIpc) is 2.45. The van der Waals surface area contributed by atoms with E-state index >= 15 is 0 Å². The molecule has 148 valence electrons. The fourth-order valence-electron chi connectivity index (χ4n) is 1.54. The molecular formula is C13H22F3NO7S. The molecule has 0 spiro atoms. The third-order valence-corrected chi connectivity index (χ3v) is 2.71. The Labute approximate surface area is 147 Å². The van der Waals surface area contributed by atoms with Crippen molar-refractivity contribution in [2.24, 2.45) is 0 Å². The van der Waals surface area contributed by atoms with Crippen LogP contribution in [0, 0.1) is 0 Å². The molecule has 0 saturated carbocycles. The Bertz CT molecular complexity index is 489. The van der Waals surface area contributed by atoms with Gasteiger partial charge in [0.1, 0.15) is 23.4 Å². The summed E-state index contributed by atoms with van der Waals surface area (Å²) in [6.45, 7) is 5.63. The van der Waals surface area contributed by atoms with Crippen LogP contribution in [0.5, 0.6) is 0 Å². The maximum Gasteiger partial charge on any atom is 0.467 e. The van der Waals surface area contributed by atoms with Gasteiger partial charge in [-0.2, -0.15) is 13.2 Å². The van der Waals surface area contributed by atoms with E-state index in [9.17, 15) is 27.9 Å². The summed E-state index contributed by atoms with van der Waals surface area (Å²) in [5, 5.41) is 9.60. The average molecular weight is 393 g/mol. The Morgan fingerprint density at radius 1 is 1.24 bits per heavy atom. The SMILES string of the molecule is COC(=O)C1=C(O)CCN(C(=O)OC(C)(C)C)C1.O.OSC(F)(F)F. The fraction of sp³-hybridized carbons (Fsp3) is 0.692. The standard InChI is InChI=1S/C12H19NO5.CHF3OS.H2O/c1-12(2,3)18-11(16)13-6-5-9(14)8(7-13)10(15)17-4;2-1(3,4)6-5;/h14H,5-7H2,1-4H3;5H;1H2. The Morgan fingerprint density at radius 2 is 1.72 bits per heavy atom. The predicted octanol–water partition coefficient (Wildman–Crippen LogP) is 2.50. The normalized spacial score (nSPS) is 14.8. The molecule has 1 heterocycles. The number of nitrogens with zero attached hydrogens (tertiary/aromatic N) is 1. The van der Waals surface area contributed by atoms with Crippen LogP contribution in [-0.4, -0.2) is 63.4 Å². The maximum atomic E-state index is 11.8. The second-order valence-electron chi connectivity index (χ2n) is 5.61. The van der Waals surface area contributed by atoms with Crippen LogP contribution < -0.4 is 0 Å².